The number of oxazole rings is 2. The molecule has 2 aromatic heterocycles. The van der Waals surface area contributed by atoms with E-state index >= 15 is 0 Å². The Labute approximate surface area is 362 Å². The van der Waals surface area contributed by atoms with Crippen LogP contribution < -0.4 is 6.15 Å². The van der Waals surface area contributed by atoms with Crippen LogP contribution in [0.4, 0.5) is 0 Å². The monoisotopic (exact) mass is 900 g/mol. The summed E-state index contributed by atoms with van der Waals surface area (Å²) >= 11 is 33.4. The van der Waals surface area contributed by atoms with Gasteiger partial charge in [-0.2, -0.15) is 0 Å². The van der Waals surface area contributed by atoms with E-state index in [1.54, 1.807) is 30.5 Å². The van der Waals surface area contributed by atoms with Crippen molar-refractivity contribution < 1.29 is 14.3 Å². The van der Waals surface area contributed by atoms with Crippen molar-refractivity contribution in [2.75, 3.05) is 83.9 Å². The lowest BCUT2D eigenvalue weighted by atomic mass is 9.86. The molecule has 1 aliphatic rings. The van der Waals surface area contributed by atoms with Gasteiger partial charge in [-0.3, -0.25) is 0 Å². The number of hydrogen-bond donors (Lipinski definition) is 1. The first-order chi connectivity index (χ1) is 25.0. The third-order valence-electron chi connectivity index (χ3n) is 7.85. The highest BCUT2D eigenvalue weighted by Gasteiger charge is 2.44. The molecule has 0 atom stereocenters. The first kappa shape index (κ1) is 54.8. The lowest BCUT2D eigenvalue weighted by Crippen LogP contribution is -2.39. The second-order valence-electron chi connectivity index (χ2n) is 11.8. The van der Waals surface area contributed by atoms with E-state index in [9.17, 15) is 0 Å². The van der Waals surface area contributed by atoms with E-state index in [0.717, 1.165) is 68.9 Å². The molecule has 18 heteroatoms. The van der Waals surface area contributed by atoms with Gasteiger partial charge in [0.1, 0.15) is 12.5 Å². The minimum Gasteiger partial charge on any atom is -0.444 e. The number of likely N-dealkylation sites (tertiary alicyclic amines) is 1. The number of aromatic nitrogens is 2. The summed E-state index contributed by atoms with van der Waals surface area (Å²) in [6, 6.07) is 14.6. The summed E-state index contributed by atoms with van der Waals surface area (Å²) in [6.07, 6.45) is 4.72. The van der Waals surface area contributed by atoms with Crippen LogP contribution >= 0.6 is 82.0 Å². The lowest BCUT2D eigenvalue weighted by molar-refractivity contribution is 0.213. The van der Waals surface area contributed by atoms with Crippen LogP contribution in [0.15, 0.2) is 69.9 Å². The van der Waals surface area contributed by atoms with E-state index in [1.807, 2.05) is 38.4 Å². The summed E-state index contributed by atoms with van der Waals surface area (Å²) in [5.41, 5.74) is 2.58. The number of piperidine rings is 1. The number of nitrogens with zero attached hydrogens (tertiary/aromatic N) is 7. The van der Waals surface area contributed by atoms with Gasteiger partial charge in [-0.15, -0.1) is 58.8 Å². The molecule has 5 rings (SSSR count). The minimum absolute atomic E-state index is 0. The highest BCUT2D eigenvalue weighted by molar-refractivity contribution is 6.30. The number of halogens is 7. The van der Waals surface area contributed by atoms with Gasteiger partial charge < -0.3 is 44.9 Å². The number of alkyl halides is 4. The molecular formula is C37H51Cl7N8O3. The Bertz CT molecular complexity index is 1610. The van der Waals surface area contributed by atoms with Crippen molar-refractivity contribution >= 4 is 82.0 Å². The van der Waals surface area contributed by atoms with Gasteiger partial charge in [-0.25, -0.2) is 23.1 Å². The maximum Gasteiger partial charge on any atom is 0.279 e. The standard InChI is InChI=1S/C16H16ClN3O.C11H7ClN2O.2C5H11Cl2N.ClH.H3N.H2O/c1-18-16(7-9-20(2)10-8-16)14-11-21-15(19-14)12-3-5-13(17)6-4-12;1-13-6-10-7-15-11(14-10)8-2-4-9(12)5-3-8;2*1-8(4-2-6)5-3-7;;;/h3-6,11H,7-10H2,2H3;2-5,7H,6H2;2*2-5H2,1H3;1H;1H3;1H2. The smallest absolute Gasteiger partial charge is 0.279 e. The molecule has 306 valence electrons. The van der Waals surface area contributed by atoms with Crippen molar-refractivity contribution in [1.82, 2.24) is 30.8 Å². The molecule has 1 saturated heterocycles. The molecule has 1 aliphatic heterocycles. The first-order valence-electron chi connectivity index (χ1n) is 16.5. The molecule has 2 aromatic carbocycles. The zero-order valence-corrected chi connectivity index (χ0v) is 36.6. The van der Waals surface area contributed by atoms with Crippen LogP contribution in [0.5, 0.6) is 0 Å². The van der Waals surface area contributed by atoms with Gasteiger partial charge >= 0.3 is 0 Å². The van der Waals surface area contributed by atoms with Gasteiger partial charge in [-0.05, 0) is 69.7 Å². The van der Waals surface area contributed by atoms with Crippen molar-refractivity contribution in [2.24, 2.45) is 0 Å². The quantitative estimate of drug-likeness (QED) is 0.110. The van der Waals surface area contributed by atoms with Gasteiger partial charge in [-0.1, -0.05) is 23.2 Å². The summed E-state index contributed by atoms with van der Waals surface area (Å²) in [6.45, 7) is 20.1. The van der Waals surface area contributed by atoms with Crippen LogP contribution in [0.2, 0.25) is 10.0 Å². The molecule has 0 spiro atoms. The summed E-state index contributed by atoms with van der Waals surface area (Å²) in [7, 11) is 6.09. The second-order valence-corrected chi connectivity index (χ2v) is 14.2. The molecule has 4 aromatic rings. The normalized spacial score (nSPS) is 12.7. The zero-order valence-electron chi connectivity index (χ0n) is 31.3. The van der Waals surface area contributed by atoms with Gasteiger partial charge in [0, 0.05) is 96.8 Å². The number of benzene rings is 2. The van der Waals surface area contributed by atoms with Crippen molar-refractivity contribution in [2.45, 2.75) is 24.9 Å². The van der Waals surface area contributed by atoms with Crippen LogP contribution in [0, 0.1) is 13.1 Å². The Hall–Kier alpha value is -2.33. The molecule has 0 unspecified atom stereocenters. The molecule has 0 bridgehead atoms. The van der Waals surface area contributed by atoms with Crippen LogP contribution in [-0.2, 0) is 12.1 Å². The fraction of sp³-hybridized carbons (Fsp3) is 0.459. The topological polar surface area (TPSA) is 137 Å². The molecule has 0 aliphatic carbocycles. The summed E-state index contributed by atoms with van der Waals surface area (Å²) < 4.78 is 10.8. The number of hydrogen-bond acceptors (Lipinski definition) is 8. The molecule has 11 nitrogen and oxygen atoms in total. The van der Waals surface area contributed by atoms with Gasteiger partial charge in [0.2, 0.25) is 11.8 Å². The van der Waals surface area contributed by atoms with Crippen LogP contribution in [-0.4, -0.2) is 114 Å². The largest absolute Gasteiger partial charge is 0.444 e. The Kier molecular flexibility index (Phi) is 30.6. The van der Waals surface area contributed by atoms with Crippen LogP contribution in [0.3, 0.4) is 0 Å². The maximum atomic E-state index is 7.60. The molecule has 1 fully saturated rings. The van der Waals surface area contributed by atoms with Gasteiger partial charge in [0.15, 0.2) is 11.4 Å². The highest BCUT2D eigenvalue weighted by Crippen LogP contribution is 2.37. The van der Waals surface area contributed by atoms with Crippen LogP contribution in [0.25, 0.3) is 32.6 Å². The fourth-order valence-corrected chi connectivity index (χ4v) is 6.02. The average Bonchev–Trinajstić information content (AvgIpc) is 3.82. The SMILES string of the molecule is CN(CCCl)CCCl.CN(CCCl)CCCl.Cl.N.O.[C-]#[N+]C1(c2coc(-c3ccc(Cl)cc3)n2)CCN(C)CC1.[C-]#[N+]Cc1coc(-c2ccc(Cl)cc2)n1. The Morgan fingerprint density at radius 1 is 0.727 bits per heavy atom. The van der Waals surface area contributed by atoms with Crippen molar-refractivity contribution in [1.29, 1.82) is 0 Å². The molecule has 0 saturated carbocycles. The van der Waals surface area contributed by atoms with E-state index in [1.165, 1.54) is 6.26 Å². The molecular weight excluding hydrogens is 853 g/mol. The fourth-order valence-electron chi connectivity index (χ4n) is 4.61. The summed E-state index contributed by atoms with van der Waals surface area (Å²) in [4.78, 5) is 22.3. The molecule has 0 radical (unpaired) electrons. The third kappa shape index (κ3) is 20.1. The van der Waals surface area contributed by atoms with Crippen molar-refractivity contribution in [3.63, 3.8) is 0 Å². The van der Waals surface area contributed by atoms with Gasteiger partial charge in [0.25, 0.3) is 12.1 Å². The molecule has 55 heavy (non-hydrogen) atoms. The Morgan fingerprint density at radius 2 is 1.13 bits per heavy atom. The van der Waals surface area contributed by atoms with E-state index in [0.29, 0.717) is 51.0 Å². The van der Waals surface area contributed by atoms with E-state index in [-0.39, 0.29) is 30.6 Å². The summed E-state index contributed by atoms with van der Waals surface area (Å²) in [5, 5.41) is 1.35. The second kappa shape index (κ2) is 30.8. The van der Waals surface area contributed by atoms with E-state index in [2.05, 4.69) is 41.4 Å². The zero-order chi connectivity index (χ0) is 38.4. The van der Waals surface area contributed by atoms with E-state index in [4.69, 9.17) is 91.6 Å². The van der Waals surface area contributed by atoms with Crippen molar-refractivity contribution in [3.05, 3.63) is 105 Å². The average molecular weight is 904 g/mol. The first-order valence-corrected chi connectivity index (χ1v) is 19.4. The Morgan fingerprint density at radius 3 is 1.51 bits per heavy atom. The predicted octanol–water partition coefficient (Wildman–Crippen LogP) is 9.80. The molecule has 5 N–H and O–H groups in total. The summed E-state index contributed by atoms with van der Waals surface area (Å²) in [5.74, 6) is 3.82. The Balaban J connectivity index is 0. The van der Waals surface area contributed by atoms with Gasteiger partial charge in [0.05, 0.1) is 0 Å². The number of rotatable bonds is 12. The minimum atomic E-state index is -0.541. The predicted molar refractivity (Wildman–Crippen MR) is 233 cm³/mol. The van der Waals surface area contributed by atoms with E-state index < -0.39 is 5.54 Å². The maximum absolute atomic E-state index is 7.60. The molecule has 0 amide bonds. The molecule has 3 heterocycles. The lowest BCUT2D eigenvalue weighted by Gasteiger charge is -2.30. The van der Waals surface area contributed by atoms with Crippen molar-refractivity contribution in [3.8, 4) is 22.9 Å². The highest BCUT2D eigenvalue weighted by atomic mass is 35.5. The van der Waals surface area contributed by atoms with Crippen LogP contribution in [0.1, 0.15) is 24.2 Å². The third-order valence-corrected chi connectivity index (χ3v) is 9.03.